The Hall–Kier alpha value is -6.17. The number of pyridine rings is 1. The van der Waals surface area contributed by atoms with Gasteiger partial charge in [-0.25, -0.2) is 14.6 Å². The maximum absolute atomic E-state index is 16.1. The predicted molar refractivity (Wildman–Crippen MR) is 349 cm³/mol. The number of nitrogens with one attached hydrogen (secondary N) is 1. The number of ketones is 1. The molecule has 0 radical (unpaired) electrons. The number of Topliss-reactive ketones (excluding diaryl/α,β-unsaturated/α-hetero) is 1. The fraction of sp³-hybridized carbons (Fsp3) is 0.557. The van der Waals surface area contributed by atoms with Crippen LogP contribution in [-0.4, -0.2) is 211 Å². The Morgan fingerprint density at radius 3 is 1.71 bits per heavy atom. The Bertz CT molecular complexity index is 3130. The van der Waals surface area contributed by atoms with E-state index >= 15 is 4.79 Å². The highest BCUT2D eigenvalue weighted by atomic mass is 33.1. The summed E-state index contributed by atoms with van der Waals surface area (Å²) >= 11 is 0. The molecule has 4 aliphatic rings. The van der Waals surface area contributed by atoms with E-state index in [1.807, 2.05) is 18.2 Å². The van der Waals surface area contributed by atoms with Crippen molar-refractivity contribution in [3.05, 3.63) is 143 Å². The average Bonchev–Trinajstić information content (AvgIpc) is 0.670. The number of hydrogen-bond acceptors (Lipinski definition) is 24. The van der Waals surface area contributed by atoms with E-state index in [4.69, 9.17) is 61.6 Å². The Kier molecular flexibility index (Phi) is 28.6. The van der Waals surface area contributed by atoms with Gasteiger partial charge in [-0.3, -0.25) is 19.2 Å². The number of ether oxygens (including phenoxy) is 13. The van der Waals surface area contributed by atoms with E-state index in [-0.39, 0.29) is 57.0 Å². The first kappa shape index (κ1) is 74.6. The van der Waals surface area contributed by atoms with Gasteiger partial charge in [-0.2, -0.15) is 0 Å². The highest BCUT2D eigenvalue weighted by molar-refractivity contribution is 8.76. The quantitative estimate of drug-likeness (QED) is 0.0129. The molecule has 518 valence electrons. The first-order chi connectivity index (χ1) is 45.8. The molecule has 1 amide bonds. The van der Waals surface area contributed by atoms with Gasteiger partial charge in [0.05, 0.1) is 142 Å². The third-order valence-electron chi connectivity index (χ3n) is 17.9. The van der Waals surface area contributed by atoms with E-state index in [0.29, 0.717) is 96.0 Å². The number of aliphatic hydroxyl groups excluding tert-OH is 1. The minimum Gasteiger partial charge on any atom is -0.461 e. The molecule has 95 heavy (non-hydrogen) atoms. The van der Waals surface area contributed by atoms with Crippen LogP contribution in [0, 0.1) is 22.7 Å². The van der Waals surface area contributed by atoms with Crippen molar-refractivity contribution in [1.82, 2.24) is 10.3 Å². The molecule has 25 heteroatoms. The Morgan fingerprint density at radius 1 is 0.674 bits per heavy atom. The number of carbonyl (C=O) groups excluding carboxylic acids is 6. The summed E-state index contributed by atoms with van der Waals surface area (Å²) in [4.78, 5) is 90.8. The van der Waals surface area contributed by atoms with Gasteiger partial charge in [0.2, 0.25) is 0 Å². The van der Waals surface area contributed by atoms with Crippen LogP contribution >= 0.6 is 21.6 Å². The van der Waals surface area contributed by atoms with Gasteiger partial charge in [0, 0.05) is 48.6 Å². The molecule has 2 saturated carbocycles. The summed E-state index contributed by atoms with van der Waals surface area (Å²) in [5, 5.41) is 29.8. The Labute approximate surface area is 562 Å². The van der Waals surface area contributed by atoms with Crippen LogP contribution < -0.4 is 5.32 Å². The van der Waals surface area contributed by atoms with Crippen molar-refractivity contribution in [2.75, 3.05) is 118 Å². The molecule has 1 saturated heterocycles. The lowest BCUT2D eigenvalue weighted by Crippen LogP contribution is -2.81. The van der Waals surface area contributed by atoms with Crippen molar-refractivity contribution in [1.29, 1.82) is 0 Å². The molecule has 3 aliphatic carbocycles. The minimum atomic E-state index is -2.30. The zero-order valence-corrected chi connectivity index (χ0v) is 56.5. The molecule has 3 fully saturated rings. The molecule has 11 atom stereocenters. The summed E-state index contributed by atoms with van der Waals surface area (Å²) in [6.45, 7) is 15.1. The second-order valence-electron chi connectivity index (χ2n) is 24.3. The van der Waals surface area contributed by atoms with Crippen molar-refractivity contribution >= 4 is 57.2 Å². The van der Waals surface area contributed by atoms with Gasteiger partial charge in [-0.05, 0) is 77.7 Å². The molecule has 1 aromatic heterocycles. The van der Waals surface area contributed by atoms with Crippen molar-refractivity contribution < 1.29 is 101 Å². The second kappa shape index (κ2) is 36.4. The monoisotopic (exact) mass is 1360 g/mol. The van der Waals surface area contributed by atoms with Gasteiger partial charge >= 0.3 is 23.9 Å². The highest BCUT2D eigenvalue weighted by Crippen LogP contribution is 2.65. The van der Waals surface area contributed by atoms with Gasteiger partial charge in [-0.1, -0.05) is 104 Å². The van der Waals surface area contributed by atoms with Crippen molar-refractivity contribution in [2.45, 2.75) is 114 Å². The first-order valence-electron chi connectivity index (χ1n) is 32.2. The SMILES string of the molecule is CC(=O)O[C@@]12COC1C[C@H](OC(=O)CCOCCOCCOCCOCCOCCOCCOCCOCCSSc1ccccn1)[C@@]1(C)C(=O)[C@H](C)C3=C(C)C(OC(=O)[C@H](O)[C@@H](NC(=O)c4ccccc4)c4ccccc4)C[C@@](O)([C@@H](OC(=O)c4ccccc4)[C@@H]12)C3(C)C. The fourth-order valence-corrected chi connectivity index (χ4v) is 14.9. The molecule has 2 unspecified atom stereocenters. The topological polar surface area (TPSA) is 288 Å². The van der Waals surface area contributed by atoms with Crippen LogP contribution in [0.3, 0.4) is 0 Å². The number of amides is 1. The van der Waals surface area contributed by atoms with Crippen molar-refractivity contribution in [3.8, 4) is 0 Å². The van der Waals surface area contributed by atoms with Crippen LogP contribution in [0.5, 0.6) is 0 Å². The summed E-state index contributed by atoms with van der Waals surface area (Å²) in [6.07, 6.45) is -6.56. The minimum absolute atomic E-state index is 0.0706. The molecule has 3 aromatic carbocycles. The number of nitrogens with zero attached hydrogens (tertiary/aromatic N) is 1. The molecule has 8 rings (SSSR count). The lowest BCUT2D eigenvalue weighted by atomic mass is 9.43. The first-order valence-corrected chi connectivity index (χ1v) is 34.5. The number of hydrogen-bond donors (Lipinski definition) is 3. The van der Waals surface area contributed by atoms with Gasteiger partial charge in [0.1, 0.15) is 40.8 Å². The third kappa shape index (κ3) is 19.1. The van der Waals surface area contributed by atoms with Crippen LogP contribution in [0.25, 0.3) is 0 Å². The van der Waals surface area contributed by atoms with Crippen molar-refractivity contribution in [2.24, 2.45) is 22.7 Å². The van der Waals surface area contributed by atoms with Gasteiger partial charge in [0.15, 0.2) is 11.7 Å². The Morgan fingerprint density at radius 2 is 1.19 bits per heavy atom. The number of carbonyl (C=O) groups is 6. The maximum atomic E-state index is 16.1. The van der Waals surface area contributed by atoms with E-state index < -0.39 is 112 Å². The number of rotatable bonds is 39. The number of aromatic nitrogens is 1. The second-order valence-corrected chi connectivity index (χ2v) is 26.7. The molecule has 1 aliphatic heterocycles. The van der Waals surface area contributed by atoms with E-state index in [1.165, 1.54) is 19.1 Å². The van der Waals surface area contributed by atoms with E-state index in [0.717, 1.165) is 10.8 Å². The summed E-state index contributed by atoms with van der Waals surface area (Å²) in [6, 6.07) is 29.2. The molecule has 3 N–H and O–H groups in total. The number of esters is 4. The lowest BCUT2D eigenvalue weighted by molar-refractivity contribution is -0.346. The predicted octanol–water partition coefficient (Wildman–Crippen LogP) is 7.35. The van der Waals surface area contributed by atoms with E-state index in [9.17, 15) is 34.2 Å². The zero-order valence-electron chi connectivity index (χ0n) is 54.9. The number of benzene rings is 3. The highest BCUT2D eigenvalue weighted by Gasteiger charge is 2.78. The zero-order chi connectivity index (χ0) is 67.9. The van der Waals surface area contributed by atoms with Crippen LogP contribution in [-0.2, 0) is 80.8 Å². The smallest absolute Gasteiger partial charge is 0.338 e. The largest absolute Gasteiger partial charge is 0.461 e. The van der Waals surface area contributed by atoms with Gasteiger partial charge in [0.25, 0.3) is 5.91 Å². The van der Waals surface area contributed by atoms with Crippen LogP contribution in [0.4, 0.5) is 0 Å². The standard InChI is InChI=1S/C70H90N2O21S2/c1-47-53(90-66(79)60(75)59(50-18-10-7-11-19-50)72-64(77)51-20-12-8-13-21-51)45-70(80)63(92-65(78)52-22-14-9-15-23-52)61-68(6,62(76)48(2)58(47)67(70,4)5)54(44-55-69(61,46-89-55)93-49(3)73)91-57(74)25-27-81-28-29-82-30-31-83-32-33-84-34-35-85-36-37-86-38-39-87-40-41-88-42-43-94-95-56-24-16-17-26-71-56/h7-24,26,48,53-55,59-61,63,75,80H,25,27-46H2,1-6H3,(H,72,77)/t48-,53?,54+,55?,59+,60-,61+,63+,68-,69+,70-/m1/s1. The Balaban J connectivity index is 0.826. The third-order valence-corrected chi connectivity index (χ3v) is 20.1. The number of aliphatic hydroxyl groups is 2. The van der Waals surface area contributed by atoms with Crippen LogP contribution in [0.15, 0.2) is 132 Å². The summed E-state index contributed by atoms with van der Waals surface area (Å²) in [5.41, 5.74) is -5.96. The van der Waals surface area contributed by atoms with E-state index in [2.05, 4.69) is 10.3 Å². The normalized spacial score (nSPS) is 24.9. The van der Waals surface area contributed by atoms with E-state index in [1.54, 1.807) is 141 Å². The van der Waals surface area contributed by atoms with Gasteiger partial charge < -0.3 is 77.1 Å². The summed E-state index contributed by atoms with van der Waals surface area (Å²) in [5.74, 6) is -6.38. The average molecular weight is 1360 g/mol. The molecule has 2 heterocycles. The lowest BCUT2D eigenvalue weighted by Gasteiger charge is -2.67. The fourth-order valence-electron chi connectivity index (χ4n) is 13.2. The van der Waals surface area contributed by atoms with Crippen LogP contribution in [0.2, 0.25) is 0 Å². The molecule has 23 nitrogen and oxygen atoms in total. The maximum Gasteiger partial charge on any atom is 0.338 e. The molecule has 4 aromatic rings. The van der Waals surface area contributed by atoms with Crippen molar-refractivity contribution in [3.63, 3.8) is 0 Å². The summed E-state index contributed by atoms with van der Waals surface area (Å²) in [7, 11) is 3.33. The molecule has 2 bridgehead atoms. The molecular formula is C70H90N2O21S2. The molecule has 0 spiro atoms. The van der Waals surface area contributed by atoms with Gasteiger partial charge in [-0.15, -0.1) is 0 Å². The number of fused-ring (bicyclic) bond motifs is 5. The summed E-state index contributed by atoms with van der Waals surface area (Å²) < 4.78 is 76.5. The van der Waals surface area contributed by atoms with Crippen LogP contribution in [0.1, 0.15) is 93.1 Å². The molecular weight excluding hydrogens is 1270 g/mol.